The minimum atomic E-state index is -0.658. The Morgan fingerprint density at radius 3 is 2.35 bits per heavy atom. The highest BCUT2D eigenvalue weighted by Gasteiger charge is 2.46. The molecule has 2 amide bonds. The first-order valence-electron chi connectivity index (χ1n) is 10.4. The number of nitrogens with one attached hydrogen (secondary N) is 2. The largest absolute Gasteiger partial charge is 0.346 e. The Kier molecular flexibility index (Phi) is 5.82. The maximum Gasteiger partial charge on any atom is 0.294 e. The van der Waals surface area contributed by atoms with Crippen LogP contribution in [-0.2, 0) is 11.8 Å². The number of ketones is 1. The van der Waals surface area contributed by atoms with E-state index in [2.05, 4.69) is 31.4 Å². The van der Waals surface area contributed by atoms with Crippen LogP contribution in [0.25, 0.3) is 0 Å². The molecule has 31 heavy (non-hydrogen) atoms. The zero-order chi connectivity index (χ0) is 23.2. The van der Waals surface area contributed by atoms with E-state index in [1.165, 1.54) is 12.1 Å². The number of aromatic nitrogens is 1. The van der Waals surface area contributed by atoms with Crippen molar-refractivity contribution in [1.82, 2.24) is 9.88 Å². The second-order valence-electron chi connectivity index (χ2n) is 9.22. The van der Waals surface area contributed by atoms with Crippen LogP contribution in [0.15, 0.2) is 18.2 Å². The van der Waals surface area contributed by atoms with Gasteiger partial charge >= 0.3 is 0 Å². The van der Waals surface area contributed by atoms with Crippen molar-refractivity contribution in [1.29, 1.82) is 0 Å². The number of aryl methyl sites for hydroxylation is 1. The van der Waals surface area contributed by atoms with Crippen LogP contribution in [-0.4, -0.2) is 28.2 Å². The van der Waals surface area contributed by atoms with E-state index in [1.54, 1.807) is 38.5 Å². The number of halogens is 1. The average Bonchev–Trinajstić information content (AvgIpc) is 2.92. The molecule has 6 nitrogen and oxygen atoms in total. The molecule has 0 saturated heterocycles. The highest BCUT2D eigenvalue weighted by molar-refractivity contribution is 6.43. The minimum absolute atomic E-state index is 0.0508. The molecular weight excluding hydrogens is 397 g/mol. The number of amides is 2. The molecule has 0 bridgehead atoms. The fourth-order valence-corrected chi connectivity index (χ4v) is 4.27. The van der Waals surface area contributed by atoms with Gasteiger partial charge < -0.3 is 15.2 Å². The van der Waals surface area contributed by atoms with E-state index in [9.17, 15) is 18.8 Å². The van der Waals surface area contributed by atoms with Crippen LogP contribution < -0.4 is 10.6 Å². The smallest absolute Gasteiger partial charge is 0.294 e. The molecule has 0 aliphatic heterocycles. The predicted octanol–water partition coefficient (Wildman–Crippen LogP) is 4.08. The van der Waals surface area contributed by atoms with Crippen LogP contribution in [0.5, 0.6) is 0 Å². The van der Waals surface area contributed by atoms with Crippen LogP contribution in [0.2, 0.25) is 0 Å². The third kappa shape index (κ3) is 3.89. The molecule has 0 unspecified atom stereocenters. The number of hydrogen-bond donors (Lipinski definition) is 2. The summed E-state index contributed by atoms with van der Waals surface area (Å²) in [5.74, 6) is -1.61. The summed E-state index contributed by atoms with van der Waals surface area (Å²) in [6.45, 7) is 11.3. The molecule has 1 aromatic heterocycles. The van der Waals surface area contributed by atoms with Gasteiger partial charge in [0.25, 0.3) is 17.6 Å². The zero-order valence-electron chi connectivity index (χ0n) is 19.1. The quantitative estimate of drug-likeness (QED) is 0.557. The SMILES string of the molecule is Cc1cc(NC(=O)c2c(C)c(C(=O)C(=O)N[C@H]3C[C@@H](C)C3(C)C)n(C)c2C)ccc1F. The van der Waals surface area contributed by atoms with Crippen molar-refractivity contribution >= 4 is 23.3 Å². The summed E-state index contributed by atoms with van der Waals surface area (Å²) in [7, 11) is 1.66. The van der Waals surface area contributed by atoms with Crippen molar-refractivity contribution in [3.63, 3.8) is 0 Å². The molecule has 1 saturated carbocycles. The van der Waals surface area contributed by atoms with Crippen LogP contribution in [0.1, 0.15) is 64.9 Å². The number of carbonyl (C=O) groups is 3. The van der Waals surface area contributed by atoms with Gasteiger partial charge in [-0.2, -0.15) is 0 Å². The first-order chi connectivity index (χ1) is 14.4. The molecule has 7 heteroatoms. The van der Waals surface area contributed by atoms with Crippen molar-refractivity contribution in [3.05, 3.63) is 52.1 Å². The van der Waals surface area contributed by atoms with E-state index < -0.39 is 17.6 Å². The van der Waals surface area contributed by atoms with Crippen molar-refractivity contribution in [3.8, 4) is 0 Å². The molecule has 3 rings (SSSR count). The second-order valence-corrected chi connectivity index (χ2v) is 9.22. The fraction of sp³-hybridized carbons (Fsp3) is 0.458. The minimum Gasteiger partial charge on any atom is -0.346 e. The summed E-state index contributed by atoms with van der Waals surface area (Å²) in [5.41, 5.74) is 2.35. The number of carbonyl (C=O) groups excluding carboxylic acids is 3. The number of hydrogen-bond acceptors (Lipinski definition) is 3. The summed E-state index contributed by atoms with van der Waals surface area (Å²) in [6, 6.07) is 4.26. The number of rotatable bonds is 5. The first kappa shape index (κ1) is 22.7. The van der Waals surface area contributed by atoms with E-state index in [4.69, 9.17) is 0 Å². The number of benzene rings is 1. The van der Waals surface area contributed by atoms with Gasteiger partial charge in [-0.05, 0) is 67.9 Å². The highest BCUT2D eigenvalue weighted by Crippen LogP contribution is 2.45. The highest BCUT2D eigenvalue weighted by atomic mass is 19.1. The summed E-state index contributed by atoms with van der Waals surface area (Å²) in [6.07, 6.45) is 0.835. The number of anilines is 1. The normalized spacial score (nSPS) is 19.5. The molecule has 1 fully saturated rings. The van der Waals surface area contributed by atoms with Gasteiger partial charge in [0, 0.05) is 24.5 Å². The van der Waals surface area contributed by atoms with Gasteiger partial charge in [0.05, 0.1) is 11.3 Å². The lowest BCUT2D eigenvalue weighted by Crippen LogP contribution is -2.58. The van der Waals surface area contributed by atoms with Crippen molar-refractivity contribution in [2.24, 2.45) is 18.4 Å². The molecule has 1 aliphatic carbocycles. The van der Waals surface area contributed by atoms with E-state index in [0.29, 0.717) is 34.0 Å². The molecule has 1 heterocycles. The van der Waals surface area contributed by atoms with Crippen LogP contribution >= 0.6 is 0 Å². The third-order valence-corrected chi connectivity index (χ3v) is 7.06. The molecule has 1 aliphatic rings. The third-order valence-electron chi connectivity index (χ3n) is 7.06. The van der Waals surface area contributed by atoms with Gasteiger partial charge in [-0.3, -0.25) is 14.4 Å². The first-order valence-corrected chi connectivity index (χ1v) is 10.4. The molecular formula is C24H30FN3O3. The molecule has 2 N–H and O–H groups in total. The standard InChI is InChI=1S/C24H30FN3O3/c1-12-10-16(8-9-17(12)25)26-22(30)19-14(3)20(28(7)15(19)4)21(29)23(31)27-18-11-13(2)24(18,5)6/h8-10,13,18H,11H2,1-7H3,(H,26,30)(H,27,31)/t13-,18+/m1/s1. The topological polar surface area (TPSA) is 80.2 Å². The molecule has 166 valence electrons. The molecule has 0 spiro atoms. The Morgan fingerprint density at radius 2 is 1.81 bits per heavy atom. The average molecular weight is 428 g/mol. The van der Waals surface area contributed by atoms with E-state index in [1.807, 2.05) is 0 Å². The Morgan fingerprint density at radius 1 is 1.16 bits per heavy atom. The molecule has 2 aromatic rings. The Balaban J connectivity index is 1.84. The Hall–Kier alpha value is -2.96. The molecule has 0 radical (unpaired) electrons. The molecule has 2 atom stereocenters. The fourth-order valence-electron chi connectivity index (χ4n) is 4.27. The lowest BCUT2D eigenvalue weighted by molar-refractivity contribution is -0.121. The summed E-state index contributed by atoms with van der Waals surface area (Å²) in [5, 5.41) is 5.61. The number of Topliss-reactive ketones (excluding diaryl/α,β-unsaturated/α-hetero) is 1. The van der Waals surface area contributed by atoms with Crippen molar-refractivity contribution in [2.75, 3.05) is 5.32 Å². The predicted molar refractivity (Wildman–Crippen MR) is 118 cm³/mol. The van der Waals surface area contributed by atoms with Crippen LogP contribution in [0.3, 0.4) is 0 Å². The summed E-state index contributed by atoms with van der Waals surface area (Å²) < 4.78 is 15.1. The lowest BCUT2D eigenvalue weighted by Gasteiger charge is -2.50. The van der Waals surface area contributed by atoms with Crippen molar-refractivity contribution < 1.29 is 18.8 Å². The zero-order valence-corrected chi connectivity index (χ0v) is 19.1. The summed E-state index contributed by atoms with van der Waals surface area (Å²) in [4.78, 5) is 38.6. The lowest BCUT2D eigenvalue weighted by atomic mass is 9.59. The maximum absolute atomic E-state index is 13.5. The van der Waals surface area contributed by atoms with E-state index in [-0.39, 0.29) is 23.0 Å². The van der Waals surface area contributed by atoms with Crippen LogP contribution in [0, 0.1) is 37.9 Å². The van der Waals surface area contributed by atoms with Crippen LogP contribution in [0.4, 0.5) is 10.1 Å². The van der Waals surface area contributed by atoms with Crippen molar-refractivity contribution in [2.45, 2.75) is 54.0 Å². The van der Waals surface area contributed by atoms with Gasteiger partial charge in [0.2, 0.25) is 0 Å². The van der Waals surface area contributed by atoms with Gasteiger partial charge in [0.1, 0.15) is 5.82 Å². The van der Waals surface area contributed by atoms with Gasteiger partial charge in [-0.15, -0.1) is 0 Å². The van der Waals surface area contributed by atoms with Gasteiger partial charge in [-0.25, -0.2) is 4.39 Å². The van der Waals surface area contributed by atoms with E-state index in [0.717, 1.165) is 6.42 Å². The van der Waals surface area contributed by atoms with E-state index >= 15 is 0 Å². The second kappa shape index (κ2) is 7.94. The van der Waals surface area contributed by atoms with Gasteiger partial charge in [0.15, 0.2) is 0 Å². The monoisotopic (exact) mass is 427 g/mol. The summed E-state index contributed by atoms with van der Waals surface area (Å²) >= 11 is 0. The molecule has 1 aromatic carbocycles. The number of nitrogens with zero attached hydrogens (tertiary/aromatic N) is 1. The van der Waals surface area contributed by atoms with Gasteiger partial charge in [-0.1, -0.05) is 20.8 Å². The maximum atomic E-state index is 13.5. The Labute approximate surface area is 182 Å². The Bertz CT molecular complexity index is 1080.